The summed E-state index contributed by atoms with van der Waals surface area (Å²) < 4.78 is 5.07. The number of hydrogen-bond donors (Lipinski definition) is 1. The number of rotatable bonds is 4. The number of anilines is 2. The topological polar surface area (TPSA) is 101 Å². The van der Waals surface area contributed by atoms with Gasteiger partial charge < -0.3 is 20.3 Å². The zero-order valence-corrected chi connectivity index (χ0v) is 16.8. The van der Waals surface area contributed by atoms with Crippen molar-refractivity contribution >= 4 is 18.0 Å². The van der Waals surface area contributed by atoms with Crippen molar-refractivity contribution in [3.63, 3.8) is 0 Å². The monoisotopic (exact) mass is 397 g/mol. The first kappa shape index (κ1) is 19.4. The summed E-state index contributed by atoms with van der Waals surface area (Å²) in [6.07, 6.45) is 0.719. The molecule has 1 saturated heterocycles. The van der Waals surface area contributed by atoms with E-state index in [2.05, 4.69) is 49.0 Å². The van der Waals surface area contributed by atoms with Gasteiger partial charge in [0.2, 0.25) is 11.9 Å². The lowest BCUT2D eigenvalue weighted by Crippen LogP contribution is -2.48. The molecule has 2 aromatic rings. The Hall–Kier alpha value is -2.94. The molecule has 1 aromatic heterocycles. The summed E-state index contributed by atoms with van der Waals surface area (Å²) in [6, 6.07) is 8.46. The zero-order valence-electron chi connectivity index (χ0n) is 16.8. The van der Waals surface area contributed by atoms with Crippen LogP contribution in [0.15, 0.2) is 24.3 Å². The number of carbonyl (C=O) groups is 1. The SMILES string of the molecule is CCOC(=O)N1CCN(Cc2nc(N)nc(N3CCc4ccccc4C3)n2)CC1. The number of carbonyl (C=O) groups excluding carboxylic acids is 1. The second-order valence-electron chi connectivity index (χ2n) is 7.31. The normalized spacial score (nSPS) is 17.1. The maximum absolute atomic E-state index is 11.8. The van der Waals surface area contributed by atoms with Crippen LogP contribution in [0.4, 0.5) is 16.7 Å². The molecule has 0 saturated carbocycles. The minimum absolute atomic E-state index is 0.244. The molecule has 0 unspecified atom stereocenters. The molecule has 1 aromatic carbocycles. The fraction of sp³-hybridized carbons (Fsp3) is 0.500. The molecule has 0 radical (unpaired) electrons. The summed E-state index contributed by atoms with van der Waals surface area (Å²) in [5.41, 5.74) is 8.66. The highest BCUT2D eigenvalue weighted by Gasteiger charge is 2.24. The van der Waals surface area contributed by atoms with Gasteiger partial charge in [0.25, 0.3) is 0 Å². The maximum Gasteiger partial charge on any atom is 0.409 e. The van der Waals surface area contributed by atoms with E-state index < -0.39 is 0 Å². The first-order valence-corrected chi connectivity index (χ1v) is 10.1. The van der Waals surface area contributed by atoms with E-state index in [9.17, 15) is 4.79 Å². The van der Waals surface area contributed by atoms with Crippen LogP contribution in [0.2, 0.25) is 0 Å². The van der Waals surface area contributed by atoms with Crippen LogP contribution in [-0.4, -0.2) is 70.2 Å². The molecular weight excluding hydrogens is 370 g/mol. The third-order valence-electron chi connectivity index (χ3n) is 5.36. The summed E-state index contributed by atoms with van der Waals surface area (Å²) in [5, 5.41) is 0. The van der Waals surface area contributed by atoms with Gasteiger partial charge in [0.15, 0.2) is 0 Å². The summed E-state index contributed by atoms with van der Waals surface area (Å²) in [5.74, 6) is 1.54. The summed E-state index contributed by atoms with van der Waals surface area (Å²) in [7, 11) is 0. The van der Waals surface area contributed by atoms with Gasteiger partial charge in [-0.05, 0) is 24.5 Å². The second kappa shape index (κ2) is 8.60. The van der Waals surface area contributed by atoms with E-state index >= 15 is 0 Å². The number of aromatic nitrogens is 3. The van der Waals surface area contributed by atoms with Gasteiger partial charge in [-0.1, -0.05) is 24.3 Å². The van der Waals surface area contributed by atoms with Gasteiger partial charge in [-0.25, -0.2) is 4.79 Å². The minimum Gasteiger partial charge on any atom is -0.450 e. The molecule has 154 valence electrons. The van der Waals surface area contributed by atoms with Gasteiger partial charge >= 0.3 is 6.09 Å². The minimum atomic E-state index is -0.246. The number of nitrogens with two attached hydrogens (primary N) is 1. The van der Waals surface area contributed by atoms with Crippen LogP contribution in [0.25, 0.3) is 0 Å². The molecule has 29 heavy (non-hydrogen) atoms. The molecule has 1 amide bonds. The lowest BCUT2D eigenvalue weighted by Gasteiger charge is -2.33. The molecule has 2 aliphatic rings. The first-order valence-electron chi connectivity index (χ1n) is 10.1. The number of nitrogen functional groups attached to an aromatic ring is 1. The Kier molecular flexibility index (Phi) is 5.75. The second-order valence-corrected chi connectivity index (χ2v) is 7.31. The van der Waals surface area contributed by atoms with Gasteiger partial charge in [0.05, 0.1) is 13.2 Å². The van der Waals surface area contributed by atoms with Crippen molar-refractivity contribution in [3.05, 3.63) is 41.2 Å². The molecule has 0 atom stereocenters. The number of amides is 1. The van der Waals surface area contributed by atoms with E-state index in [0.717, 1.165) is 32.6 Å². The maximum atomic E-state index is 11.8. The van der Waals surface area contributed by atoms with Crippen molar-refractivity contribution in [1.29, 1.82) is 0 Å². The molecule has 1 fully saturated rings. The van der Waals surface area contributed by atoms with Crippen molar-refractivity contribution in [3.8, 4) is 0 Å². The van der Waals surface area contributed by atoms with Crippen LogP contribution in [0.1, 0.15) is 23.9 Å². The number of hydrogen-bond acceptors (Lipinski definition) is 8. The van der Waals surface area contributed by atoms with Crippen molar-refractivity contribution < 1.29 is 9.53 Å². The van der Waals surface area contributed by atoms with Gasteiger partial charge in [-0.3, -0.25) is 4.90 Å². The molecule has 0 aliphatic carbocycles. The molecule has 9 heteroatoms. The third kappa shape index (κ3) is 4.56. The van der Waals surface area contributed by atoms with Crippen LogP contribution in [0.3, 0.4) is 0 Å². The van der Waals surface area contributed by atoms with Crippen molar-refractivity contribution in [2.45, 2.75) is 26.4 Å². The fourth-order valence-electron chi connectivity index (χ4n) is 3.81. The molecule has 3 heterocycles. The molecular formula is C20H27N7O2. The Morgan fingerprint density at radius 3 is 2.59 bits per heavy atom. The van der Waals surface area contributed by atoms with Gasteiger partial charge in [-0.15, -0.1) is 0 Å². The number of nitrogens with zero attached hydrogens (tertiary/aromatic N) is 6. The van der Waals surface area contributed by atoms with Crippen molar-refractivity contribution in [2.24, 2.45) is 0 Å². The highest BCUT2D eigenvalue weighted by Crippen LogP contribution is 2.22. The molecule has 4 rings (SSSR count). The van der Waals surface area contributed by atoms with E-state index in [1.165, 1.54) is 11.1 Å². The number of fused-ring (bicyclic) bond motifs is 1. The molecule has 0 bridgehead atoms. The lowest BCUT2D eigenvalue weighted by atomic mass is 10.0. The summed E-state index contributed by atoms with van der Waals surface area (Å²) >= 11 is 0. The average Bonchev–Trinajstić information content (AvgIpc) is 2.73. The van der Waals surface area contributed by atoms with Crippen molar-refractivity contribution in [1.82, 2.24) is 24.8 Å². The molecule has 9 nitrogen and oxygen atoms in total. The van der Waals surface area contributed by atoms with E-state index in [-0.39, 0.29) is 12.0 Å². The Bertz CT molecular complexity index is 868. The van der Waals surface area contributed by atoms with Gasteiger partial charge in [-0.2, -0.15) is 15.0 Å². The number of piperazine rings is 1. The van der Waals surface area contributed by atoms with Crippen LogP contribution in [0.5, 0.6) is 0 Å². The molecule has 0 spiro atoms. The van der Waals surface area contributed by atoms with E-state index in [0.29, 0.717) is 38.0 Å². The van der Waals surface area contributed by atoms with E-state index in [1.807, 2.05) is 6.92 Å². The predicted molar refractivity (Wildman–Crippen MR) is 109 cm³/mol. The van der Waals surface area contributed by atoms with Gasteiger partial charge in [0.1, 0.15) is 5.82 Å². The van der Waals surface area contributed by atoms with Crippen molar-refractivity contribution in [2.75, 3.05) is 50.0 Å². The fourth-order valence-corrected chi connectivity index (χ4v) is 3.81. The highest BCUT2D eigenvalue weighted by molar-refractivity contribution is 5.67. The van der Waals surface area contributed by atoms with Crippen LogP contribution >= 0.6 is 0 Å². The van der Waals surface area contributed by atoms with Crippen LogP contribution in [0, 0.1) is 0 Å². The van der Waals surface area contributed by atoms with Crippen LogP contribution in [-0.2, 0) is 24.2 Å². The Morgan fingerprint density at radius 1 is 1.07 bits per heavy atom. The summed E-state index contributed by atoms with van der Waals surface area (Å²) in [6.45, 7) is 7.19. The van der Waals surface area contributed by atoms with Crippen LogP contribution < -0.4 is 10.6 Å². The first-order chi connectivity index (χ1) is 14.1. The largest absolute Gasteiger partial charge is 0.450 e. The molecule has 2 aliphatic heterocycles. The zero-order chi connectivity index (χ0) is 20.2. The number of benzene rings is 1. The number of ether oxygens (including phenoxy) is 1. The molecule has 2 N–H and O–H groups in total. The quantitative estimate of drug-likeness (QED) is 0.824. The Morgan fingerprint density at radius 2 is 1.83 bits per heavy atom. The Labute approximate surface area is 170 Å². The van der Waals surface area contributed by atoms with E-state index in [1.54, 1.807) is 4.90 Å². The summed E-state index contributed by atoms with van der Waals surface area (Å²) in [4.78, 5) is 31.3. The Balaban J connectivity index is 1.40. The third-order valence-corrected chi connectivity index (χ3v) is 5.36. The standard InChI is InChI=1S/C20H27N7O2/c1-2-29-20(28)26-11-9-25(10-12-26)14-17-22-18(21)24-19(23-17)27-8-7-15-5-3-4-6-16(15)13-27/h3-6H,2,7-14H2,1H3,(H2,21,22,23,24). The average molecular weight is 397 g/mol. The lowest BCUT2D eigenvalue weighted by molar-refractivity contribution is 0.0772. The van der Waals surface area contributed by atoms with E-state index in [4.69, 9.17) is 10.5 Å². The van der Waals surface area contributed by atoms with Gasteiger partial charge in [0, 0.05) is 39.3 Å². The predicted octanol–water partition coefficient (Wildman–Crippen LogP) is 1.29. The smallest absolute Gasteiger partial charge is 0.409 e. The highest BCUT2D eigenvalue weighted by atomic mass is 16.6.